The molecule has 126 valence electrons. The van der Waals surface area contributed by atoms with Gasteiger partial charge in [-0.3, -0.25) is 10.1 Å². The number of carbonyl (C=O) groups excluding carboxylic acids is 1. The molecule has 1 amide bonds. The smallest absolute Gasteiger partial charge is 0.339 e. The van der Waals surface area contributed by atoms with Gasteiger partial charge in [-0.05, 0) is 19.9 Å². The molecule has 23 heavy (non-hydrogen) atoms. The number of nitrogens with zero attached hydrogens (tertiary/aromatic N) is 3. The third kappa shape index (κ3) is 4.10. The Labute approximate surface area is 135 Å². The molecule has 0 saturated carbocycles. The first-order valence-electron chi connectivity index (χ1n) is 6.96. The molecule has 2 heterocycles. The maximum absolute atomic E-state index is 12.6. The highest BCUT2D eigenvalue weighted by atomic mass is 32.1. The Bertz CT molecular complexity index is 718. The Morgan fingerprint density at radius 2 is 2.00 bits per heavy atom. The van der Waals surface area contributed by atoms with E-state index in [4.69, 9.17) is 0 Å². The largest absolute Gasteiger partial charge is 0.406 e. The highest BCUT2D eigenvalue weighted by Crippen LogP contribution is 2.25. The van der Waals surface area contributed by atoms with Crippen LogP contribution in [-0.2, 0) is 6.54 Å². The van der Waals surface area contributed by atoms with E-state index in [9.17, 15) is 18.0 Å². The zero-order chi connectivity index (χ0) is 17.4. The minimum absolute atomic E-state index is 0.190. The van der Waals surface area contributed by atoms with Crippen molar-refractivity contribution in [2.45, 2.75) is 46.3 Å². The van der Waals surface area contributed by atoms with Crippen LogP contribution in [0.5, 0.6) is 0 Å². The minimum atomic E-state index is -4.34. The number of hydrogen-bond acceptors (Lipinski definition) is 4. The van der Waals surface area contributed by atoms with Crippen molar-refractivity contribution in [1.29, 1.82) is 0 Å². The monoisotopic (exact) mass is 346 g/mol. The summed E-state index contributed by atoms with van der Waals surface area (Å²) in [4.78, 5) is 12.3. The van der Waals surface area contributed by atoms with Crippen LogP contribution < -0.4 is 5.32 Å². The predicted octanol–water partition coefficient (Wildman–Crippen LogP) is 3.89. The van der Waals surface area contributed by atoms with Crippen LogP contribution in [0, 0.1) is 13.8 Å². The number of carbonyl (C=O) groups is 1. The molecular formula is C14H17F3N4OS. The Kier molecular flexibility index (Phi) is 4.79. The normalized spacial score (nSPS) is 12.0. The van der Waals surface area contributed by atoms with Gasteiger partial charge in [0.2, 0.25) is 5.13 Å². The van der Waals surface area contributed by atoms with Crippen molar-refractivity contribution in [1.82, 2.24) is 14.8 Å². The fourth-order valence-electron chi connectivity index (χ4n) is 2.14. The molecule has 0 saturated heterocycles. The van der Waals surface area contributed by atoms with E-state index in [2.05, 4.69) is 15.5 Å². The zero-order valence-electron chi connectivity index (χ0n) is 13.2. The van der Waals surface area contributed by atoms with Crippen LogP contribution in [0.1, 0.15) is 46.5 Å². The molecule has 0 aliphatic carbocycles. The lowest BCUT2D eigenvalue weighted by molar-refractivity contribution is -0.141. The number of alkyl halides is 3. The number of amides is 1. The number of rotatable bonds is 4. The van der Waals surface area contributed by atoms with Crippen molar-refractivity contribution in [3.8, 4) is 0 Å². The lowest BCUT2D eigenvalue weighted by Crippen LogP contribution is -2.20. The molecule has 9 heteroatoms. The van der Waals surface area contributed by atoms with Gasteiger partial charge < -0.3 is 4.57 Å². The number of aryl methyl sites for hydroxylation is 1. The average molecular weight is 346 g/mol. The summed E-state index contributed by atoms with van der Waals surface area (Å²) >= 11 is 1.25. The van der Waals surface area contributed by atoms with E-state index in [1.165, 1.54) is 31.3 Å². The predicted molar refractivity (Wildman–Crippen MR) is 81.9 cm³/mol. The second kappa shape index (κ2) is 6.31. The van der Waals surface area contributed by atoms with E-state index in [0.717, 1.165) is 9.57 Å². The molecule has 0 spiro atoms. The molecule has 0 aliphatic heterocycles. The summed E-state index contributed by atoms with van der Waals surface area (Å²) in [5.74, 6) is -0.298. The molecule has 0 fully saturated rings. The summed E-state index contributed by atoms with van der Waals surface area (Å²) in [6.07, 6.45) is -4.34. The molecule has 5 nitrogen and oxygen atoms in total. The van der Waals surface area contributed by atoms with E-state index in [1.54, 1.807) is 0 Å². The third-order valence-electron chi connectivity index (χ3n) is 3.31. The number of halogens is 3. The molecular weight excluding hydrogens is 329 g/mol. The molecule has 1 N–H and O–H groups in total. The molecule has 0 bridgehead atoms. The summed E-state index contributed by atoms with van der Waals surface area (Å²) in [5.41, 5.74) is 0.851. The van der Waals surface area contributed by atoms with E-state index in [1.807, 2.05) is 13.8 Å². The number of anilines is 1. The van der Waals surface area contributed by atoms with Gasteiger partial charge in [0, 0.05) is 17.3 Å². The summed E-state index contributed by atoms with van der Waals surface area (Å²) < 4.78 is 38.9. The zero-order valence-corrected chi connectivity index (χ0v) is 14.0. The second-order valence-electron chi connectivity index (χ2n) is 5.54. The van der Waals surface area contributed by atoms with E-state index in [0.29, 0.717) is 10.8 Å². The molecule has 2 aromatic heterocycles. The highest BCUT2D eigenvalue weighted by molar-refractivity contribution is 7.15. The van der Waals surface area contributed by atoms with Crippen molar-refractivity contribution < 1.29 is 18.0 Å². The fourth-order valence-corrected chi connectivity index (χ4v) is 2.88. The third-order valence-corrected chi connectivity index (χ3v) is 4.45. The van der Waals surface area contributed by atoms with Crippen molar-refractivity contribution in [3.05, 3.63) is 28.0 Å². The van der Waals surface area contributed by atoms with Gasteiger partial charge in [-0.25, -0.2) is 0 Å². The van der Waals surface area contributed by atoms with Gasteiger partial charge in [-0.2, -0.15) is 13.2 Å². The van der Waals surface area contributed by atoms with Crippen molar-refractivity contribution >= 4 is 22.4 Å². The Morgan fingerprint density at radius 3 is 2.52 bits per heavy atom. The lowest BCUT2D eigenvalue weighted by Gasteiger charge is -2.12. The van der Waals surface area contributed by atoms with Crippen molar-refractivity contribution in [2.75, 3.05) is 5.32 Å². The van der Waals surface area contributed by atoms with Gasteiger partial charge >= 0.3 is 6.18 Å². The summed E-state index contributed by atoms with van der Waals surface area (Å²) in [5, 5.41) is 11.5. The maximum atomic E-state index is 12.6. The van der Waals surface area contributed by atoms with Gasteiger partial charge in [0.1, 0.15) is 11.6 Å². The first-order valence-corrected chi connectivity index (χ1v) is 7.78. The second-order valence-corrected chi connectivity index (χ2v) is 6.55. The molecule has 0 unspecified atom stereocenters. The minimum Gasteiger partial charge on any atom is -0.339 e. The lowest BCUT2D eigenvalue weighted by atomic mass is 10.2. The standard InChI is InChI=1S/C14H17F3N4OS/c1-7(2)12-19-20-13(23-12)18-11(22)10-5-8(3)21(9(10)4)6-14(15,16)17/h5,7H,6H2,1-4H3,(H,18,20,22). The van der Waals surface area contributed by atoms with Crippen LogP contribution in [0.4, 0.5) is 18.3 Å². The average Bonchev–Trinajstić information content (AvgIpc) is 2.97. The summed E-state index contributed by atoms with van der Waals surface area (Å²) in [6.45, 7) is 5.83. The van der Waals surface area contributed by atoms with Crippen LogP contribution in [0.15, 0.2) is 6.07 Å². The molecule has 0 aromatic carbocycles. The quantitative estimate of drug-likeness (QED) is 0.913. The van der Waals surface area contributed by atoms with E-state index < -0.39 is 18.6 Å². The van der Waals surface area contributed by atoms with Crippen LogP contribution in [0.25, 0.3) is 0 Å². The molecule has 0 aliphatic rings. The van der Waals surface area contributed by atoms with Gasteiger partial charge in [-0.15, -0.1) is 10.2 Å². The topological polar surface area (TPSA) is 59.8 Å². The van der Waals surface area contributed by atoms with Crippen molar-refractivity contribution in [3.63, 3.8) is 0 Å². The maximum Gasteiger partial charge on any atom is 0.406 e. The Morgan fingerprint density at radius 1 is 1.35 bits per heavy atom. The van der Waals surface area contributed by atoms with Crippen LogP contribution in [0.3, 0.4) is 0 Å². The van der Waals surface area contributed by atoms with Gasteiger partial charge in [0.05, 0.1) is 5.56 Å². The molecule has 2 rings (SSSR count). The molecule has 2 aromatic rings. The summed E-state index contributed by atoms with van der Waals surface area (Å²) in [7, 11) is 0. The van der Waals surface area contributed by atoms with Gasteiger partial charge in [-0.1, -0.05) is 25.2 Å². The van der Waals surface area contributed by atoms with E-state index >= 15 is 0 Å². The first-order chi connectivity index (χ1) is 10.6. The number of aromatic nitrogens is 3. The Balaban J connectivity index is 2.21. The SMILES string of the molecule is Cc1cc(C(=O)Nc2nnc(C(C)C)s2)c(C)n1CC(F)(F)F. The number of nitrogens with one attached hydrogen (secondary N) is 1. The number of hydrogen-bond donors (Lipinski definition) is 1. The Hall–Kier alpha value is -1.90. The fraction of sp³-hybridized carbons (Fsp3) is 0.500. The van der Waals surface area contributed by atoms with Gasteiger partial charge in [0.15, 0.2) is 0 Å². The van der Waals surface area contributed by atoms with Crippen LogP contribution >= 0.6 is 11.3 Å². The molecule has 0 radical (unpaired) electrons. The molecule has 0 atom stereocenters. The highest BCUT2D eigenvalue weighted by Gasteiger charge is 2.30. The van der Waals surface area contributed by atoms with Crippen molar-refractivity contribution in [2.24, 2.45) is 0 Å². The first kappa shape index (κ1) is 17.5. The van der Waals surface area contributed by atoms with Crippen LogP contribution in [0.2, 0.25) is 0 Å². The summed E-state index contributed by atoms with van der Waals surface area (Å²) in [6, 6.07) is 1.45. The van der Waals surface area contributed by atoms with E-state index in [-0.39, 0.29) is 17.2 Å². The van der Waals surface area contributed by atoms with Crippen LogP contribution in [-0.4, -0.2) is 26.8 Å². The van der Waals surface area contributed by atoms with Gasteiger partial charge in [0.25, 0.3) is 5.91 Å².